The van der Waals surface area contributed by atoms with Crippen LogP contribution in [0, 0.1) is 5.41 Å². The Bertz CT molecular complexity index is 547. The Labute approximate surface area is 166 Å². The van der Waals surface area contributed by atoms with Crippen molar-refractivity contribution in [2.24, 2.45) is 5.41 Å². The average molecular weight is 371 g/mol. The maximum Gasteiger partial charge on any atom is 0.309 e. The van der Waals surface area contributed by atoms with Crippen LogP contribution in [-0.4, -0.2) is 11.1 Å². The van der Waals surface area contributed by atoms with E-state index in [1.165, 1.54) is 0 Å². The van der Waals surface area contributed by atoms with Gasteiger partial charge in [-0.25, -0.2) is 0 Å². The fourth-order valence-electron chi connectivity index (χ4n) is 2.25. The third-order valence-corrected chi connectivity index (χ3v) is 4.46. The zero-order chi connectivity index (χ0) is 20.2. The molecule has 0 aromatic carbocycles. The largest absolute Gasteiger partial charge is 0.481 e. The normalized spacial score (nSPS) is 15.4. The van der Waals surface area contributed by atoms with E-state index in [-0.39, 0.29) is 0 Å². The van der Waals surface area contributed by atoms with Crippen LogP contribution in [0.25, 0.3) is 0 Å². The molecule has 1 unspecified atom stereocenters. The Balaban J connectivity index is 3.76. The molecule has 0 aliphatic carbocycles. The molecule has 0 aromatic heterocycles. The minimum absolute atomic E-state index is 0.587. The van der Waals surface area contributed by atoms with Gasteiger partial charge in [-0.05, 0) is 58.3 Å². The Kier molecular flexibility index (Phi) is 16.0. The fraction of sp³-hybridized carbons (Fsp3) is 0.480. The number of carbonyl (C=O) groups is 1. The molecule has 1 atom stereocenters. The average Bonchev–Trinajstić information content (AvgIpc) is 2.66. The van der Waals surface area contributed by atoms with Gasteiger partial charge in [0, 0.05) is 0 Å². The van der Waals surface area contributed by atoms with Gasteiger partial charge in [0.15, 0.2) is 0 Å². The summed E-state index contributed by atoms with van der Waals surface area (Å²) in [6.07, 6.45) is 33.0. The van der Waals surface area contributed by atoms with Crippen molar-refractivity contribution in [3.05, 3.63) is 72.9 Å². The number of carboxylic acid groups (broad SMARTS) is 1. The molecule has 0 saturated carbocycles. The van der Waals surface area contributed by atoms with Crippen molar-refractivity contribution in [2.75, 3.05) is 0 Å². The Hall–Kier alpha value is -2.09. The monoisotopic (exact) mass is 370 g/mol. The SMILES string of the molecule is CC/C=C\C/C=C\C/C=C\C/C=C\C/C=C\C/C=C\CC(C)(CC)C(=O)O. The molecular formula is C25H38O2. The van der Waals surface area contributed by atoms with Gasteiger partial charge in [0.2, 0.25) is 0 Å². The summed E-state index contributed by atoms with van der Waals surface area (Å²) in [5, 5.41) is 9.21. The number of aliphatic carboxylic acids is 1. The Morgan fingerprint density at radius 2 is 1.00 bits per heavy atom. The Morgan fingerprint density at radius 1 is 0.667 bits per heavy atom. The lowest BCUT2D eigenvalue weighted by Gasteiger charge is -2.20. The summed E-state index contributed by atoms with van der Waals surface area (Å²) in [7, 11) is 0. The van der Waals surface area contributed by atoms with E-state index in [0.29, 0.717) is 12.8 Å². The molecule has 0 aliphatic rings. The van der Waals surface area contributed by atoms with Gasteiger partial charge in [-0.15, -0.1) is 0 Å². The number of hydrogen-bond acceptors (Lipinski definition) is 1. The van der Waals surface area contributed by atoms with Crippen molar-refractivity contribution < 1.29 is 9.90 Å². The highest BCUT2D eigenvalue weighted by Gasteiger charge is 2.29. The standard InChI is InChI=1S/C25H38O2/c1-4-6-7-8-9-10-11-12-13-14-15-16-17-18-19-20-21-22-23-25(3,5-2)24(26)27/h6-7,9-10,12-13,15-16,18-19,21-22H,4-5,8,11,14,17,20,23H2,1-3H3,(H,26,27)/b7-6-,10-9-,13-12-,16-15-,19-18-,22-21-. The van der Waals surface area contributed by atoms with Crippen LogP contribution in [0.1, 0.15) is 72.1 Å². The van der Waals surface area contributed by atoms with E-state index in [0.717, 1.165) is 38.5 Å². The van der Waals surface area contributed by atoms with Crippen LogP contribution < -0.4 is 0 Å². The molecule has 0 fully saturated rings. The van der Waals surface area contributed by atoms with Gasteiger partial charge in [-0.2, -0.15) is 0 Å². The van der Waals surface area contributed by atoms with Crippen LogP contribution in [-0.2, 0) is 4.79 Å². The lowest BCUT2D eigenvalue weighted by Crippen LogP contribution is -2.25. The molecule has 27 heavy (non-hydrogen) atoms. The predicted molar refractivity (Wildman–Crippen MR) is 119 cm³/mol. The van der Waals surface area contributed by atoms with Crippen molar-refractivity contribution in [2.45, 2.75) is 72.1 Å². The van der Waals surface area contributed by atoms with Gasteiger partial charge < -0.3 is 5.11 Å². The number of carboxylic acids is 1. The molecule has 0 bridgehead atoms. The first-order valence-corrected chi connectivity index (χ1v) is 10.2. The topological polar surface area (TPSA) is 37.3 Å². The van der Waals surface area contributed by atoms with Crippen LogP contribution in [0.3, 0.4) is 0 Å². The van der Waals surface area contributed by atoms with E-state index in [1.807, 2.05) is 19.1 Å². The number of allylic oxidation sites excluding steroid dienone is 12. The molecule has 0 amide bonds. The van der Waals surface area contributed by atoms with Gasteiger partial charge in [-0.3, -0.25) is 4.79 Å². The van der Waals surface area contributed by atoms with E-state index in [4.69, 9.17) is 0 Å². The minimum atomic E-state index is -0.718. The predicted octanol–water partition coefficient (Wildman–Crippen LogP) is 7.58. The van der Waals surface area contributed by atoms with Crippen molar-refractivity contribution in [3.63, 3.8) is 0 Å². The van der Waals surface area contributed by atoms with Crippen LogP contribution in [0.2, 0.25) is 0 Å². The van der Waals surface area contributed by atoms with Crippen molar-refractivity contribution in [1.82, 2.24) is 0 Å². The highest BCUT2D eigenvalue weighted by atomic mass is 16.4. The second-order valence-electron chi connectivity index (χ2n) is 6.84. The van der Waals surface area contributed by atoms with Crippen LogP contribution >= 0.6 is 0 Å². The second-order valence-corrected chi connectivity index (χ2v) is 6.84. The first-order chi connectivity index (χ1) is 13.1. The zero-order valence-corrected chi connectivity index (χ0v) is 17.4. The van der Waals surface area contributed by atoms with Crippen LogP contribution in [0.4, 0.5) is 0 Å². The van der Waals surface area contributed by atoms with Crippen molar-refractivity contribution in [3.8, 4) is 0 Å². The summed E-state index contributed by atoms with van der Waals surface area (Å²) in [6, 6.07) is 0. The third-order valence-electron chi connectivity index (χ3n) is 4.46. The van der Waals surface area contributed by atoms with E-state index < -0.39 is 11.4 Å². The minimum Gasteiger partial charge on any atom is -0.481 e. The molecule has 150 valence electrons. The third kappa shape index (κ3) is 14.7. The van der Waals surface area contributed by atoms with Crippen LogP contribution in [0.5, 0.6) is 0 Å². The van der Waals surface area contributed by atoms with Gasteiger partial charge in [0.1, 0.15) is 0 Å². The molecule has 0 aromatic rings. The second kappa shape index (κ2) is 17.3. The number of rotatable bonds is 15. The Morgan fingerprint density at radius 3 is 1.30 bits per heavy atom. The molecule has 0 saturated heterocycles. The first-order valence-electron chi connectivity index (χ1n) is 10.2. The summed E-state index contributed by atoms with van der Waals surface area (Å²) in [4.78, 5) is 11.2. The van der Waals surface area contributed by atoms with Crippen molar-refractivity contribution >= 4 is 5.97 Å². The lowest BCUT2D eigenvalue weighted by molar-refractivity contribution is -0.147. The summed E-state index contributed by atoms with van der Waals surface area (Å²) in [5.41, 5.74) is -0.641. The molecule has 2 heteroatoms. The first kappa shape index (κ1) is 24.9. The molecule has 0 spiro atoms. The quantitative estimate of drug-likeness (QED) is 0.302. The van der Waals surface area contributed by atoms with Gasteiger partial charge in [0.25, 0.3) is 0 Å². The molecule has 1 N–H and O–H groups in total. The summed E-state index contributed by atoms with van der Waals surface area (Å²) < 4.78 is 0. The highest BCUT2D eigenvalue weighted by Crippen LogP contribution is 2.26. The number of hydrogen-bond donors (Lipinski definition) is 1. The van der Waals surface area contributed by atoms with E-state index in [2.05, 4.69) is 67.7 Å². The maximum atomic E-state index is 11.2. The molecule has 0 radical (unpaired) electrons. The molecule has 0 heterocycles. The van der Waals surface area contributed by atoms with Gasteiger partial charge >= 0.3 is 5.97 Å². The van der Waals surface area contributed by atoms with E-state index >= 15 is 0 Å². The summed E-state index contributed by atoms with van der Waals surface area (Å²) in [6.45, 7) is 5.87. The molecule has 0 aliphatic heterocycles. The van der Waals surface area contributed by atoms with Gasteiger partial charge in [0.05, 0.1) is 5.41 Å². The summed E-state index contributed by atoms with van der Waals surface area (Å²) >= 11 is 0. The molecule has 0 rings (SSSR count). The fourth-order valence-corrected chi connectivity index (χ4v) is 2.25. The highest BCUT2D eigenvalue weighted by molar-refractivity contribution is 5.74. The van der Waals surface area contributed by atoms with E-state index in [1.54, 1.807) is 6.92 Å². The summed E-state index contributed by atoms with van der Waals surface area (Å²) in [5.74, 6) is -0.718. The smallest absolute Gasteiger partial charge is 0.309 e. The van der Waals surface area contributed by atoms with E-state index in [9.17, 15) is 9.90 Å². The van der Waals surface area contributed by atoms with Crippen LogP contribution in [0.15, 0.2) is 72.9 Å². The molecular weight excluding hydrogens is 332 g/mol. The zero-order valence-electron chi connectivity index (χ0n) is 17.4. The van der Waals surface area contributed by atoms with Crippen molar-refractivity contribution in [1.29, 1.82) is 0 Å². The lowest BCUT2D eigenvalue weighted by atomic mass is 9.84. The van der Waals surface area contributed by atoms with Gasteiger partial charge in [-0.1, -0.05) is 86.8 Å². The maximum absolute atomic E-state index is 11.2. The molecule has 2 nitrogen and oxygen atoms in total.